The van der Waals surface area contributed by atoms with Gasteiger partial charge in [-0.3, -0.25) is 19.3 Å². The fraction of sp³-hybridized carbons (Fsp3) is 0.318. The largest absolute Gasteiger partial charge is 0.323 e. The van der Waals surface area contributed by atoms with Crippen molar-refractivity contribution in [1.82, 2.24) is 4.90 Å². The summed E-state index contributed by atoms with van der Waals surface area (Å²) in [5.41, 5.74) is 0.651. The first-order chi connectivity index (χ1) is 14.1. The SMILES string of the molecule is O=C1[C@H]2[C@@H](C(=O)N1c1ccccc1)[C@]1(C(=O)Nc3c(Cl)cccc31)N1CCC[C@@H]21. The molecule has 0 saturated carbocycles. The molecule has 4 heterocycles. The second-order valence-electron chi connectivity index (χ2n) is 8.14. The molecule has 1 N–H and O–H groups in total. The third kappa shape index (κ3) is 1.89. The lowest BCUT2D eigenvalue weighted by molar-refractivity contribution is -0.135. The first-order valence-corrected chi connectivity index (χ1v) is 10.2. The lowest BCUT2D eigenvalue weighted by atomic mass is 9.75. The number of carbonyl (C=O) groups excluding carboxylic acids is 3. The van der Waals surface area contributed by atoms with Crippen LogP contribution in [-0.2, 0) is 19.9 Å². The van der Waals surface area contributed by atoms with Crippen LogP contribution in [0.4, 0.5) is 11.4 Å². The zero-order valence-electron chi connectivity index (χ0n) is 15.5. The Kier molecular flexibility index (Phi) is 3.36. The minimum Gasteiger partial charge on any atom is -0.323 e. The van der Waals surface area contributed by atoms with Crippen LogP contribution in [0.2, 0.25) is 5.02 Å². The molecule has 4 aliphatic rings. The third-order valence-electron chi connectivity index (χ3n) is 6.99. The molecule has 4 aliphatic heterocycles. The maximum atomic E-state index is 13.7. The lowest BCUT2D eigenvalue weighted by Crippen LogP contribution is -2.54. The molecule has 29 heavy (non-hydrogen) atoms. The molecule has 3 saturated heterocycles. The van der Waals surface area contributed by atoms with Crippen LogP contribution in [0.25, 0.3) is 0 Å². The summed E-state index contributed by atoms with van der Waals surface area (Å²) >= 11 is 6.38. The predicted molar refractivity (Wildman–Crippen MR) is 107 cm³/mol. The minimum atomic E-state index is -1.18. The van der Waals surface area contributed by atoms with Gasteiger partial charge in [-0.2, -0.15) is 0 Å². The summed E-state index contributed by atoms with van der Waals surface area (Å²) in [6, 6.07) is 14.2. The smallest absolute Gasteiger partial charge is 0.250 e. The monoisotopic (exact) mass is 407 g/mol. The van der Waals surface area contributed by atoms with Crippen LogP contribution < -0.4 is 10.2 Å². The molecule has 1 spiro atoms. The number of para-hydroxylation sites is 2. The molecule has 3 fully saturated rings. The number of nitrogens with one attached hydrogen (secondary N) is 1. The number of hydrogen-bond acceptors (Lipinski definition) is 4. The fourth-order valence-corrected chi connectivity index (χ4v) is 6.25. The lowest BCUT2D eigenvalue weighted by Gasteiger charge is -2.36. The molecule has 146 valence electrons. The molecule has 0 radical (unpaired) electrons. The van der Waals surface area contributed by atoms with Crippen molar-refractivity contribution < 1.29 is 14.4 Å². The molecule has 6 rings (SSSR count). The number of anilines is 2. The summed E-state index contributed by atoms with van der Waals surface area (Å²) < 4.78 is 0. The van der Waals surface area contributed by atoms with Gasteiger partial charge in [0.25, 0.3) is 5.91 Å². The van der Waals surface area contributed by atoms with Gasteiger partial charge in [0.15, 0.2) is 0 Å². The van der Waals surface area contributed by atoms with Crippen molar-refractivity contribution in [3.8, 4) is 0 Å². The highest BCUT2D eigenvalue weighted by Crippen LogP contribution is 2.61. The van der Waals surface area contributed by atoms with Gasteiger partial charge in [0, 0.05) is 11.6 Å². The number of imide groups is 1. The number of amides is 3. The Morgan fingerprint density at radius 1 is 1.00 bits per heavy atom. The van der Waals surface area contributed by atoms with Crippen LogP contribution in [0, 0.1) is 11.8 Å². The van der Waals surface area contributed by atoms with E-state index < -0.39 is 17.4 Å². The van der Waals surface area contributed by atoms with E-state index in [1.807, 2.05) is 12.1 Å². The van der Waals surface area contributed by atoms with Crippen molar-refractivity contribution in [2.45, 2.75) is 24.4 Å². The van der Waals surface area contributed by atoms with Gasteiger partial charge < -0.3 is 5.32 Å². The number of hydrogen-bond donors (Lipinski definition) is 1. The summed E-state index contributed by atoms with van der Waals surface area (Å²) in [5, 5.41) is 3.37. The van der Waals surface area contributed by atoms with E-state index in [4.69, 9.17) is 11.6 Å². The Balaban J connectivity index is 1.58. The molecule has 4 atom stereocenters. The molecule has 7 heteroatoms. The summed E-state index contributed by atoms with van der Waals surface area (Å²) in [7, 11) is 0. The van der Waals surface area contributed by atoms with E-state index in [0.717, 1.165) is 12.8 Å². The van der Waals surface area contributed by atoms with Crippen molar-refractivity contribution in [3.63, 3.8) is 0 Å². The van der Waals surface area contributed by atoms with Gasteiger partial charge in [0.1, 0.15) is 5.54 Å². The zero-order chi connectivity index (χ0) is 19.9. The first kappa shape index (κ1) is 17.2. The topological polar surface area (TPSA) is 69.7 Å². The van der Waals surface area contributed by atoms with Crippen LogP contribution in [0.15, 0.2) is 48.5 Å². The van der Waals surface area contributed by atoms with E-state index in [-0.39, 0.29) is 23.8 Å². The molecule has 2 aromatic carbocycles. The molecule has 0 unspecified atom stereocenters. The van der Waals surface area contributed by atoms with E-state index in [9.17, 15) is 14.4 Å². The Bertz CT molecular complexity index is 1090. The van der Waals surface area contributed by atoms with E-state index in [2.05, 4.69) is 10.2 Å². The molecule has 0 aromatic heterocycles. The van der Waals surface area contributed by atoms with Gasteiger partial charge >= 0.3 is 0 Å². The average molecular weight is 408 g/mol. The number of nitrogens with zero attached hydrogens (tertiary/aromatic N) is 2. The average Bonchev–Trinajstić information content (AvgIpc) is 3.42. The standard InChI is InChI=1S/C22H18ClN3O3/c23-14-9-4-8-13-18(14)24-21(29)22(13)17-16(15-10-5-11-25(15)22)19(27)26(20(17)28)12-6-2-1-3-7-12/h1-4,6-9,15-17H,5,10-11H2,(H,24,29)/t15-,16+,17-,22+/m0/s1. The van der Waals surface area contributed by atoms with Crippen LogP contribution in [-0.4, -0.2) is 35.2 Å². The number of rotatable bonds is 1. The molecule has 0 aliphatic carbocycles. The first-order valence-electron chi connectivity index (χ1n) is 9.87. The number of benzene rings is 2. The Hall–Kier alpha value is -2.70. The highest BCUT2D eigenvalue weighted by molar-refractivity contribution is 6.35. The van der Waals surface area contributed by atoms with Crippen molar-refractivity contribution >= 4 is 40.7 Å². The van der Waals surface area contributed by atoms with Crippen molar-refractivity contribution in [3.05, 3.63) is 59.1 Å². The molecule has 6 nitrogen and oxygen atoms in total. The van der Waals surface area contributed by atoms with E-state index >= 15 is 0 Å². The van der Waals surface area contributed by atoms with Gasteiger partial charge in [-0.05, 0) is 37.6 Å². The fourth-order valence-electron chi connectivity index (χ4n) is 6.03. The summed E-state index contributed by atoms with van der Waals surface area (Å²) in [6.07, 6.45) is 1.69. The van der Waals surface area contributed by atoms with Gasteiger partial charge in [-0.1, -0.05) is 41.9 Å². The van der Waals surface area contributed by atoms with Crippen LogP contribution >= 0.6 is 11.6 Å². The van der Waals surface area contributed by atoms with Gasteiger partial charge in [-0.25, -0.2) is 4.90 Å². The molecule has 2 aromatic rings. The van der Waals surface area contributed by atoms with Gasteiger partial charge in [0.2, 0.25) is 11.8 Å². The van der Waals surface area contributed by atoms with E-state index in [1.165, 1.54) is 4.90 Å². The van der Waals surface area contributed by atoms with E-state index in [1.54, 1.807) is 36.4 Å². The normalized spacial score (nSPS) is 32.7. The van der Waals surface area contributed by atoms with Crippen molar-refractivity contribution in [2.75, 3.05) is 16.8 Å². The Morgan fingerprint density at radius 2 is 1.79 bits per heavy atom. The maximum absolute atomic E-state index is 13.7. The highest BCUT2D eigenvalue weighted by atomic mass is 35.5. The molecule has 3 amide bonds. The van der Waals surface area contributed by atoms with Crippen LogP contribution in [0.1, 0.15) is 18.4 Å². The van der Waals surface area contributed by atoms with Crippen LogP contribution in [0.5, 0.6) is 0 Å². The van der Waals surface area contributed by atoms with Gasteiger partial charge in [-0.15, -0.1) is 0 Å². The van der Waals surface area contributed by atoms with Gasteiger partial charge in [0.05, 0.1) is 28.2 Å². The van der Waals surface area contributed by atoms with Crippen molar-refractivity contribution in [2.24, 2.45) is 11.8 Å². The Morgan fingerprint density at radius 3 is 2.59 bits per heavy atom. The summed E-state index contributed by atoms with van der Waals surface area (Å²) in [5.74, 6) is -2.04. The Labute approximate surface area is 172 Å². The van der Waals surface area contributed by atoms with Crippen molar-refractivity contribution in [1.29, 1.82) is 0 Å². The molecule has 0 bridgehead atoms. The number of halogens is 1. The highest BCUT2D eigenvalue weighted by Gasteiger charge is 2.74. The second-order valence-corrected chi connectivity index (χ2v) is 8.54. The minimum absolute atomic E-state index is 0.124. The quantitative estimate of drug-likeness (QED) is 0.738. The number of carbonyl (C=O) groups is 3. The van der Waals surface area contributed by atoms with E-state index in [0.29, 0.717) is 28.5 Å². The zero-order valence-corrected chi connectivity index (χ0v) is 16.2. The molecular formula is C22H18ClN3O3. The molecular weight excluding hydrogens is 390 g/mol. The number of fused-ring (bicyclic) bond motifs is 7. The second kappa shape index (κ2) is 5.68. The summed E-state index contributed by atoms with van der Waals surface area (Å²) in [4.78, 5) is 44.1. The van der Waals surface area contributed by atoms with Crippen LogP contribution in [0.3, 0.4) is 0 Å². The maximum Gasteiger partial charge on any atom is 0.250 e. The third-order valence-corrected chi connectivity index (χ3v) is 7.31. The summed E-state index contributed by atoms with van der Waals surface area (Å²) in [6.45, 7) is 0.683. The predicted octanol–water partition coefficient (Wildman–Crippen LogP) is 2.77.